The summed E-state index contributed by atoms with van der Waals surface area (Å²) >= 11 is 0. The molecule has 0 radical (unpaired) electrons. The summed E-state index contributed by atoms with van der Waals surface area (Å²) < 4.78 is 47.4. The maximum absolute atomic E-state index is 13.6. The zero-order chi connectivity index (χ0) is 27.0. The zero-order valence-corrected chi connectivity index (χ0v) is 21.1. The summed E-state index contributed by atoms with van der Waals surface area (Å²) in [6, 6.07) is 4.10. The van der Waals surface area contributed by atoms with Gasteiger partial charge >= 0.3 is 12.1 Å². The number of halogens is 3. The van der Waals surface area contributed by atoms with E-state index in [4.69, 9.17) is 4.74 Å². The number of nitrogens with zero attached hydrogens (tertiary/aromatic N) is 3. The minimum absolute atomic E-state index is 0.0271. The van der Waals surface area contributed by atoms with Crippen molar-refractivity contribution in [3.05, 3.63) is 47.2 Å². The number of aromatic nitrogens is 2. The summed E-state index contributed by atoms with van der Waals surface area (Å²) in [6.07, 6.45) is 1.09. The van der Waals surface area contributed by atoms with Crippen LogP contribution in [-0.2, 0) is 33.6 Å². The van der Waals surface area contributed by atoms with Crippen LogP contribution in [0.4, 0.5) is 19.0 Å². The normalized spacial score (nSPS) is 17.1. The van der Waals surface area contributed by atoms with Gasteiger partial charge in [0.25, 0.3) is 5.91 Å². The van der Waals surface area contributed by atoms with Crippen LogP contribution >= 0.6 is 0 Å². The molecule has 1 aliphatic carbocycles. The highest BCUT2D eigenvalue weighted by atomic mass is 19.4. The number of fused-ring (bicyclic) bond motifs is 1. The van der Waals surface area contributed by atoms with E-state index in [-0.39, 0.29) is 36.0 Å². The van der Waals surface area contributed by atoms with Crippen molar-refractivity contribution in [2.24, 2.45) is 5.92 Å². The van der Waals surface area contributed by atoms with Crippen LogP contribution in [0.3, 0.4) is 0 Å². The second kappa shape index (κ2) is 10.2. The molecule has 2 heterocycles. The average molecular weight is 521 g/mol. The molecule has 0 bridgehead atoms. The van der Waals surface area contributed by atoms with E-state index in [0.29, 0.717) is 6.42 Å². The van der Waals surface area contributed by atoms with Crippen LogP contribution in [0.25, 0.3) is 0 Å². The number of amides is 2. The predicted molar refractivity (Wildman–Crippen MR) is 128 cm³/mol. The SMILES string of the molecule is CC(C)(C)OC(=O)Cn1ccc(NC(=O)C(CC2CCCC2)N2Cc3c(cccc3C(F)(F)F)C2=O)n1. The molecule has 37 heavy (non-hydrogen) atoms. The summed E-state index contributed by atoms with van der Waals surface area (Å²) in [7, 11) is 0. The summed E-state index contributed by atoms with van der Waals surface area (Å²) in [5.41, 5.74) is -1.64. The first-order chi connectivity index (χ1) is 17.3. The Labute approximate surface area is 213 Å². The lowest BCUT2D eigenvalue weighted by Crippen LogP contribution is -2.45. The minimum atomic E-state index is -4.61. The molecule has 200 valence electrons. The van der Waals surface area contributed by atoms with Crippen molar-refractivity contribution in [3.63, 3.8) is 0 Å². The fraction of sp³-hybridized carbons (Fsp3) is 0.538. The standard InChI is InChI=1S/C26H31F3N4O4/c1-25(2,3)37-22(34)15-32-12-11-21(31-32)30-23(35)20(13-16-7-4-5-8-16)33-14-18-17(24(33)36)9-6-10-19(18)26(27,28)29/h6,9-12,16,20H,4-5,7-8,13-15H2,1-3H3,(H,30,31,35). The molecule has 0 spiro atoms. The van der Waals surface area contributed by atoms with Crippen molar-refractivity contribution < 1.29 is 32.3 Å². The molecule has 4 rings (SSSR count). The molecular formula is C26H31F3N4O4. The highest BCUT2D eigenvalue weighted by molar-refractivity contribution is 6.03. The first-order valence-corrected chi connectivity index (χ1v) is 12.4. The fourth-order valence-corrected chi connectivity index (χ4v) is 5.04. The van der Waals surface area contributed by atoms with Gasteiger partial charge in [0.15, 0.2) is 5.82 Å². The lowest BCUT2D eigenvalue weighted by molar-refractivity contribution is -0.155. The van der Waals surface area contributed by atoms with Crippen molar-refractivity contribution in [2.75, 3.05) is 5.32 Å². The van der Waals surface area contributed by atoms with Crippen LogP contribution in [0.5, 0.6) is 0 Å². The average Bonchev–Trinajstić information content (AvgIpc) is 3.51. The molecule has 2 aromatic rings. The number of benzene rings is 1. The van der Waals surface area contributed by atoms with Gasteiger partial charge in [0.1, 0.15) is 18.2 Å². The van der Waals surface area contributed by atoms with E-state index in [1.165, 1.54) is 34.0 Å². The molecule has 1 unspecified atom stereocenters. The Kier molecular flexibility index (Phi) is 7.34. The van der Waals surface area contributed by atoms with E-state index in [1.54, 1.807) is 20.8 Å². The molecule has 1 atom stereocenters. The van der Waals surface area contributed by atoms with Crippen LogP contribution in [0.1, 0.15) is 74.4 Å². The molecular weight excluding hydrogens is 489 g/mol. The molecule has 2 amide bonds. The van der Waals surface area contributed by atoms with Gasteiger partial charge in [-0.3, -0.25) is 19.1 Å². The zero-order valence-electron chi connectivity index (χ0n) is 21.1. The third kappa shape index (κ3) is 6.31. The molecule has 1 saturated carbocycles. The van der Waals surface area contributed by atoms with E-state index in [0.717, 1.165) is 31.7 Å². The van der Waals surface area contributed by atoms with Crippen LogP contribution in [-0.4, -0.2) is 44.1 Å². The lowest BCUT2D eigenvalue weighted by atomic mass is 9.96. The van der Waals surface area contributed by atoms with E-state index < -0.39 is 41.2 Å². The van der Waals surface area contributed by atoms with Gasteiger partial charge in [-0.1, -0.05) is 31.7 Å². The fourth-order valence-electron chi connectivity index (χ4n) is 5.04. The molecule has 0 saturated heterocycles. The van der Waals surface area contributed by atoms with Gasteiger partial charge in [0, 0.05) is 24.4 Å². The summed E-state index contributed by atoms with van der Waals surface area (Å²) in [4.78, 5) is 39.9. The van der Waals surface area contributed by atoms with Crippen LogP contribution in [0.15, 0.2) is 30.5 Å². The number of ether oxygens (including phenoxy) is 1. The van der Waals surface area contributed by atoms with Crippen molar-refractivity contribution in [1.82, 2.24) is 14.7 Å². The van der Waals surface area contributed by atoms with E-state index in [9.17, 15) is 27.6 Å². The van der Waals surface area contributed by atoms with Crippen LogP contribution < -0.4 is 5.32 Å². The number of hydrogen-bond donors (Lipinski definition) is 1. The van der Waals surface area contributed by atoms with E-state index >= 15 is 0 Å². The number of alkyl halides is 3. The van der Waals surface area contributed by atoms with Crippen molar-refractivity contribution >= 4 is 23.6 Å². The smallest absolute Gasteiger partial charge is 0.416 e. The molecule has 1 aromatic carbocycles. The Morgan fingerprint density at radius 3 is 2.51 bits per heavy atom. The summed E-state index contributed by atoms with van der Waals surface area (Å²) in [6.45, 7) is 4.81. The Morgan fingerprint density at radius 1 is 1.16 bits per heavy atom. The molecule has 1 N–H and O–H groups in total. The van der Waals surface area contributed by atoms with Gasteiger partial charge < -0.3 is 15.0 Å². The minimum Gasteiger partial charge on any atom is -0.459 e. The third-order valence-corrected chi connectivity index (χ3v) is 6.61. The molecule has 1 fully saturated rings. The third-order valence-electron chi connectivity index (χ3n) is 6.61. The number of esters is 1. The van der Waals surface area contributed by atoms with Gasteiger partial charge in [-0.15, -0.1) is 0 Å². The summed E-state index contributed by atoms with van der Waals surface area (Å²) in [5.74, 6) is -1.24. The quantitative estimate of drug-likeness (QED) is 0.530. The number of anilines is 1. The molecule has 2 aliphatic rings. The molecule has 1 aromatic heterocycles. The maximum Gasteiger partial charge on any atom is 0.416 e. The van der Waals surface area contributed by atoms with E-state index in [2.05, 4.69) is 10.4 Å². The van der Waals surface area contributed by atoms with E-state index in [1.807, 2.05) is 0 Å². The largest absolute Gasteiger partial charge is 0.459 e. The maximum atomic E-state index is 13.6. The second-order valence-electron chi connectivity index (χ2n) is 10.6. The summed E-state index contributed by atoms with van der Waals surface area (Å²) in [5, 5.41) is 6.89. The predicted octanol–water partition coefficient (Wildman–Crippen LogP) is 4.79. The van der Waals surface area contributed by atoms with Crippen LogP contribution in [0.2, 0.25) is 0 Å². The first kappa shape index (κ1) is 26.7. The van der Waals surface area contributed by atoms with Gasteiger partial charge in [0.2, 0.25) is 5.91 Å². The number of hydrogen-bond acceptors (Lipinski definition) is 5. The number of carbonyl (C=O) groups is 3. The van der Waals surface area contributed by atoms with Crippen molar-refractivity contribution in [1.29, 1.82) is 0 Å². The molecule has 1 aliphatic heterocycles. The lowest BCUT2D eigenvalue weighted by Gasteiger charge is -2.29. The number of nitrogens with one attached hydrogen (secondary N) is 1. The van der Waals surface area contributed by atoms with Crippen LogP contribution in [0, 0.1) is 5.92 Å². The Morgan fingerprint density at radius 2 is 1.86 bits per heavy atom. The Bertz CT molecular complexity index is 1180. The molecule has 8 nitrogen and oxygen atoms in total. The molecule has 11 heteroatoms. The first-order valence-electron chi connectivity index (χ1n) is 12.4. The topological polar surface area (TPSA) is 93.5 Å². The highest BCUT2D eigenvalue weighted by Crippen LogP contribution is 2.39. The Hall–Kier alpha value is -3.37. The highest BCUT2D eigenvalue weighted by Gasteiger charge is 2.43. The van der Waals surface area contributed by atoms with Gasteiger partial charge in [-0.25, -0.2) is 0 Å². The van der Waals surface area contributed by atoms with Gasteiger partial charge in [0.05, 0.1) is 5.56 Å². The van der Waals surface area contributed by atoms with Gasteiger partial charge in [-0.05, 0) is 50.8 Å². The second-order valence-corrected chi connectivity index (χ2v) is 10.6. The van der Waals surface area contributed by atoms with Gasteiger partial charge in [-0.2, -0.15) is 18.3 Å². The Balaban J connectivity index is 1.52. The van der Waals surface area contributed by atoms with Crippen molar-refractivity contribution in [2.45, 2.75) is 83.8 Å². The number of rotatable bonds is 7. The van der Waals surface area contributed by atoms with Crippen molar-refractivity contribution in [3.8, 4) is 0 Å². The number of carbonyl (C=O) groups excluding carboxylic acids is 3. The monoisotopic (exact) mass is 520 g/mol.